The summed E-state index contributed by atoms with van der Waals surface area (Å²) in [5.74, 6) is 0. The fourth-order valence-electron chi connectivity index (χ4n) is 0.621. The van der Waals surface area contributed by atoms with E-state index >= 15 is 0 Å². The molecule has 1 aromatic carbocycles. The van der Waals surface area contributed by atoms with Gasteiger partial charge in [0.1, 0.15) is 0 Å². The third-order valence-corrected chi connectivity index (χ3v) is 1.62. The summed E-state index contributed by atoms with van der Waals surface area (Å²) in [7, 11) is 0. The van der Waals surface area contributed by atoms with Gasteiger partial charge in [0.25, 0.3) is 5.24 Å². The van der Waals surface area contributed by atoms with Crippen molar-refractivity contribution < 1.29 is 9.50 Å². The third kappa shape index (κ3) is 2.48. The van der Waals surface area contributed by atoms with Crippen LogP contribution < -0.4 is 0 Å². The molecule has 0 atom stereocenters. The van der Waals surface area contributed by atoms with Gasteiger partial charge in [-0.2, -0.15) is 0 Å². The topological polar surface area (TPSA) is 17.1 Å². The molecule has 60 valence electrons. The summed E-state index contributed by atoms with van der Waals surface area (Å²) >= 11 is 10.8. The van der Waals surface area contributed by atoms with Gasteiger partial charge in [-0.25, -0.2) is 0 Å². The van der Waals surface area contributed by atoms with Crippen LogP contribution in [0.4, 0.5) is 4.70 Å². The highest BCUT2D eigenvalue weighted by atomic mass is 35.5. The lowest BCUT2D eigenvalue weighted by molar-refractivity contribution is 0.108. The number of carbonyl (C=O) groups excluding carboxylic acids is 1. The fourth-order valence-corrected chi connectivity index (χ4v) is 1.06. The van der Waals surface area contributed by atoms with Gasteiger partial charge in [0.05, 0.1) is 10.6 Å². The number of rotatable bonds is 1. The highest BCUT2D eigenvalue weighted by Gasteiger charge is 2.03. The molecule has 0 aromatic heterocycles. The number of halogens is 3. The molecule has 0 N–H and O–H groups in total. The lowest BCUT2D eigenvalue weighted by atomic mass is 10.2. The minimum Gasteiger partial charge on any atom is -0.276 e. The molecule has 11 heavy (non-hydrogen) atoms. The van der Waals surface area contributed by atoms with Crippen molar-refractivity contribution in [2.75, 3.05) is 0 Å². The van der Waals surface area contributed by atoms with E-state index < -0.39 is 5.24 Å². The Morgan fingerprint density at radius 2 is 1.82 bits per heavy atom. The van der Waals surface area contributed by atoms with Crippen molar-refractivity contribution >= 4 is 28.4 Å². The molecule has 0 heterocycles. The second-order valence-electron chi connectivity index (χ2n) is 1.75. The van der Waals surface area contributed by atoms with Crippen LogP contribution in [0.25, 0.3) is 0 Å². The Morgan fingerprint density at radius 1 is 1.27 bits per heavy atom. The van der Waals surface area contributed by atoms with Crippen LogP contribution in [0, 0.1) is 0 Å². The van der Waals surface area contributed by atoms with Gasteiger partial charge in [-0.3, -0.25) is 9.50 Å². The molecule has 1 rings (SSSR count). The molecule has 0 aliphatic heterocycles. The molecule has 0 unspecified atom stereocenters. The van der Waals surface area contributed by atoms with Crippen LogP contribution in [-0.4, -0.2) is 5.24 Å². The largest absolute Gasteiger partial charge is 0.276 e. The van der Waals surface area contributed by atoms with Crippen molar-refractivity contribution in [2.45, 2.75) is 0 Å². The minimum atomic E-state index is -0.523. The number of benzene rings is 1. The molecule has 0 aliphatic rings. The second kappa shape index (κ2) is 4.31. The summed E-state index contributed by atoms with van der Waals surface area (Å²) < 4.78 is 0. The van der Waals surface area contributed by atoms with E-state index in [4.69, 9.17) is 23.2 Å². The molecular formula is C7H5Cl2FO. The maximum absolute atomic E-state index is 10.5. The first-order chi connectivity index (χ1) is 4.72. The van der Waals surface area contributed by atoms with Crippen LogP contribution in [0.3, 0.4) is 0 Å². The summed E-state index contributed by atoms with van der Waals surface area (Å²) in [6, 6.07) is 6.65. The van der Waals surface area contributed by atoms with Gasteiger partial charge in [-0.1, -0.05) is 23.7 Å². The normalized spacial score (nSPS) is 8.55. The van der Waals surface area contributed by atoms with Crippen molar-refractivity contribution in [3.63, 3.8) is 0 Å². The van der Waals surface area contributed by atoms with Gasteiger partial charge in [-0.05, 0) is 23.7 Å². The number of hydrogen-bond donors (Lipinski definition) is 0. The molecule has 0 spiro atoms. The SMILES string of the molecule is F.O=C(Cl)c1ccccc1Cl. The third-order valence-electron chi connectivity index (χ3n) is 1.09. The molecule has 0 radical (unpaired) electrons. The zero-order valence-electron chi connectivity index (χ0n) is 5.38. The van der Waals surface area contributed by atoms with Gasteiger partial charge in [0.15, 0.2) is 0 Å². The Balaban J connectivity index is 0.000001000. The van der Waals surface area contributed by atoms with E-state index in [0.29, 0.717) is 10.6 Å². The van der Waals surface area contributed by atoms with Crippen molar-refractivity contribution in [1.29, 1.82) is 0 Å². The van der Waals surface area contributed by atoms with Crippen LogP contribution in [0.5, 0.6) is 0 Å². The number of carbonyl (C=O) groups is 1. The van der Waals surface area contributed by atoms with Crippen LogP contribution >= 0.6 is 23.2 Å². The van der Waals surface area contributed by atoms with Crippen LogP contribution in [0.2, 0.25) is 5.02 Å². The molecular weight excluding hydrogens is 190 g/mol. The fraction of sp³-hybridized carbons (Fsp3) is 0. The van der Waals surface area contributed by atoms with Crippen LogP contribution in [0.15, 0.2) is 24.3 Å². The maximum atomic E-state index is 10.5. The zero-order chi connectivity index (χ0) is 7.56. The Kier molecular flexibility index (Phi) is 4.08. The van der Waals surface area contributed by atoms with Gasteiger partial charge >= 0.3 is 0 Å². The number of hydrogen-bond acceptors (Lipinski definition) is 1. The van der Waals surface area contributed by atoms with E-state index in [1.54, 1.807) is 24.3 Å². The van der Waals surface area contributed by atoms with E-state index in [0.717, 1.165) is 0 Å². The van der Waals surface area contributed by atoms with Crippen molar-refractivity contribution in [1.82, 2.24) is 0 Å². The summed E-state index contributed by atoms with van der Waals surface area (Å²) in [6.07, 6.45) is 0. The van der Waals surface area contributed by atoms with Gasteiger partial charge in [0, 0.05) is 0 Å². The highest BCUT2D eigenvalue weighted by molar-refractivity contribution is 6.68. The quantitative estimate of drug-likeness (QED) is 0.629. The van der Waals surface area contributed by atoms with E-state index in [-0.39, 0.29) is 4.70 Å². The Morgan fingerprint density at radius 3 is 2.18 bits per heavy atom. The average Bonchev–Trinajstić information content (AvgIpc) is 1.88. The maximum Gasteiger partial charge on any atom is 0.253 e. The predicted molar refractivity (Wildman–Crippen MR) is 44.1 cm³/mol. The monoisotopic (exact) mass is 194 g/mol. The first-order valence-electron chi connectivity index (χ1n) is 2.66. The summed E-state index contributed by atoms with van der Waals surface area (Å²) in [5, 5.41) is -0.131. The molecule has 0 amide bonds. The molecule has 4 heteroatoms. The lowest BCUT2D eigenvalue weighted by Crippen LogP contribution is -1.87. The first kappa shape index (κ1) is 10.4. The van der Waals surface area contributed by atoms with Crippen molar-refractivity contribution in [3.05, 3.63) is 34.9 Å². The second-order valence-corrected chi connectivity index (χ2v) is 2.50. The smallest absolute Gasteiger partial charge is 0.253 e. The molecule has 0 bridgehead atoms. The molecule has 0 aliphatic carbocycles. The van der Waals surface area contributed by atoms with Crippen LogP contribution in [-0.2, 0) is 0 Å². The van der Waals surface area contributed by atoms with Crippen molar-refractivity contribution in [2.24, 2.45) is 0 Å². The van der Waals surface area contributed by atoms with Gasteiger partial charge in [0.2, 0.25) is 0 Å². The van der Waals surface area contributed by atoms with Crippen LogP contribution in [0.1, 0.15) is 10.4 Å². The zero-order valence-corrected chi connectivity index (χ0v) is 6.89. The van der Waals surface area contributed by atoms with E-state index in [1.807, 2.05) is 0 Å². The molecule has 0 saturated heterocycles. The van der Waals surface area contributed by atoms with Gasteiger partial charge < -0.3 is 0 Å². The highest BCUT2D eigenvalue weighted by Crippen LogP contribution is 2.16. The van der Waals surface area contributed by atoms with E-state index in [1.165, 1.54) is 0 Å². The molecule has 0 fully saturated rings. The minimum absolute atomic E-state index is 0. The first-order valence-corrected chi connectivity index (χ1v) is 3.42. The Bertz CT molecular complexity index is 262. The van der Waals surface area contributed by atoms with Crippen molar-refractivity contribution in [3.8, 4) is 0 Å². The summed E-state index contributed by atoms with van der Waals surface area (Å²) in [5.41, 5.74) is 0.353. The lowest BCUT2D eigenvalue weighted by Gasteiger charge is -1.93. The van der Waals surface area contributed by atoms with E-state index in [9.17, 15) is 4.79 Å². The average molecular weight is 195 g/mol. The molecule has 1 aromatic rings. The predicted octanol–water partition coefficient (Wildman–Crippen LogP) is 2.87. The summed E-state index contributed by atoms with van der Waals surface area (Å²) in [6.45, 7) is 0. The Labute approximate surface area is 73.3 Å². The van der Waals surface area contributed by atoms with E-state index in [2.05, 4.69) is 0 Å². The summed E-state index contributed by atoms with van der Waals surface area (Å²) in [4.78, 5) is 10.5. The van der Waals surface area contributed by atoms with Gasteiger partial charge in [-0.15, -0.1) is 0 Å². The molecule has 1 nitrogen and oxygen atoms in total. The standard InChI is InChI=1S/C7H4Cl2O.FH/c8-6-4-2-1-3-5(6)7(9)10;/h1-4H;1H. The Hall–Kier alpha value is -0.600. The molecule has 0 saturated carbocycles.